The molecule has 0 saturated carbocycles. The molecule has 1 atom stereocenters. The molecule has 2 N–H and O–H groups in total. The van der Waals surface area contributed by atoms with Crippen LogP contribution >= 0.6 is 23.1 Å². The summed E-state index contributed by atoms with van der Waals surface area (Å²) in [6.45, 7) is 6.98. The highest BCUT2D eigenvalue weighted by Gasteiger charge is 2.09. The zero-order chi connectivity index (χ0) is 13.4. The van der Waals surface area contributed by atoms with E-state index in [4.69, 9.17) is 0 Å². The number of nitrogens with one attached hydrogen (secondary N) is 2. The van der Waals surface area contributed by atoms with Crippen molar-refractivity contribution >= 4 is 34.1 Å². The van der Waals surface area contributed by atoms with Crippen LogP contribution in [0.5, 0.6) is 0 Å². The van der Waals surface area contributed by atoms with Crippen LogP contribution in [0.2, 0.25) is 0 Å². The van der Waals surface area contributed by atoms with Gasteiger partial charge in [-0.05, 0) is 20.3 Å². The fraction of sp³-hybridized carbons (Fsp3) is 0.727. The number of amides is 1. The van der Waals surface area contributed by atoms with Crippen LogP contribution in [-0.2, 0) is 4.79 Å². The third-order valence-corrected chi connectivity index (χ3v) is 4.20. The molecule has 18 heavy (non-hydrogen) atoms. The van der Waals surface area contributed by atoms with E-state index in [1.54, 1.807) is 0 Å². The number of nitrogens with zero attached hydrogens (tertiary/aromatic N) is 2. The Hall–Kier alpha value is -0.820. The highest BCUT2D eigenvalue weighted by atomic mass is 32.2. The van der Waals surface area contributed by atoms with E-state index in [2.05, 4.69) is 27.8 Å². The molecule has 0 fully saturated rings. The normalized spacial score (nSPS) is 12.2. The van der Waals surface area contributed by atoms with Crippen LogP contribution in [0.1, 0.15) is 33.6 Å². The van der Waals surface area contributed by atoms with Crippen LogP contribution in [-0.4, -0.2) is 34.4 Å². The van der Waals surface area contributed by atoms with E-state index >= 15 is 0 Å². The zero-order valence-electron chi connectivity index (χ0n) is 11.0. The molecule has 0 aromatic carbocycles. The Morgan fingerprint density at radius 1 is 1.44 bits per heavy atom. The number of anilines is 1. The summed E-state index contributed by atoms with van der Waals surface area (Å²) in [4.78, 5) is 11.6. The van der Waals surface area contributed by atoms with Gasteiger partial charge < -0.3 is 10.6 Å². The van der Waals surface area contributed by atoms with Crippen LogP contribution in [0.15, 0.2) is 4.34 Å². The average molecular weight is 288 g/mol. The summed E-state index contributed by atoms with van der Waals surface area (Å²) >= 11 is 2.91. The maximum absolute atomic E-state index is 11.6. The third kappa shape index (κ3) is 5.68. The summed E-state index contributed by atoms with van der Waals surface area (Å²) in [5.41, 5.74) is 0. The van der Waals surface area contributed by atoms with Gasteiger partial charge in [0.1, 0.15) is 0 Å². The Labute approximate surface area is 116 Å². The Balaban J connectivity index is 2.28. The minimum Gasteiger partial charge on any atom is -0.360 e. The van der Waals surface area contributed by atoms with E-state index < -0.39 is 0 Å². The molecule has 0 bridgehead atoms. The molecular weight excluding hydrogens is 268 g/mol. The number of carbonyl (C=O) groups is 1. The monoisotopic (exact) mass is 288 g/mol. The number of thioether (sulfide) groups is 1. The first kappa shape index (κ1) is 15.2. The minimum absolute atomic E-state index is 0.0566. The van der Waals surface area contributed by atoms with Gasteiger partial charge in [0.05, 0.1) is 5.75 Å². The van der Waals surface area contributed by atoms with E-state index in [-0.39, 0.29) is 11.9 Å². The van der Waals surface area contributed by atoms with Gasteiger partial charge in [-0.1, -0.05) is 36.4 Å². The van der Waals surface area contributed by atoms with Crippen molar-refractivity contribution in [1.29, 1.82) is 0 Å². The molecule has 0 radical (unpaired) electrons. The minimum atomic E-state index is 0.0566. The maximum atomic E-state index is 11.6. The van der Waals surface area contributed by atoms with E-state index in [1.807, 2.05) is 13.8 Å². The summed E-state index contributed by atoms with van der Waals surface area (Å²) in [7, 11) is 0. The van der Waals surface area contributed by atoms with Gasteiger partial charge in [-0.3, -0.25) is 4.79 Å². The summed E-state index contributed by atoms with van der Waals surface area (Å²) in [5.74, 6) is 0.454. The lowest BCUT2D eigenvalue weighted by molar-refractivity contribution is -0.119. The summed E-state index contributed by atoms with van der Waals surface area (Å²) in [6.07, 6.45) is 2.09. The Bertz CT molecular complexity index is 370. The van der Waals surface area contributed by atoms with Crippen LogP contribution in [0.25, 0.3) is 0 Å². The first-order valence-electron chi connectivity index (χ1n) is 6.15. The Kier molecular flexibility index (Phi) is 7.04. The highest BCUT2D eigenvalue weighted by Crippen LogP contribution is 2.24. The van der Waals surface area contributed by atoms with Crippen molar-refractivity contribution in [2.75, 3.05) is 17.6 Å². The molecular formula is C11H20N4OS2. The van der Waals surface area contributed by atoms with E-state index in [0.717, 1.165) is 28.9 Å². The summed E-state index contributed by atoms with van der Waals surface area (Å²) in [5, 5.41) is 14.9. The summed E-state index contributed by atoms with van der Waals surface area (Å²) < 4.78 is 0.823. The lowest BCUT2D eigenvalue weighted by Gasteiger charge is -2.11. The largest absolute Gasteiger partial charge is 0.360 e. The molecule has 1 aromatic rings. The third-order valence-electron chi connectivity index (χ3n) is 2.19. The van der Waals surface area contributed by atoms with Gasteiger partial charge in [-0.2, -0.15) is 0 Å². The van der Waals surface area contributed by atoms with Crippen molar-refractivity contribution in [3.8, 4) is 0 Å². The highest BCUT2D eigenvalue weighted by molar-refractivity contribution is 8.01. The fourth-order valence-corrected chi connectivity index (χ4v) is 3.07. The van der Waals surface area contributed by atoms with Gasteiger partial charge in [0, 0.05) is 12.6 Å². The fourth-order valence-electron chi connectivity index (χ4n) is 1.44. The van der Waals surface area contributed by atoms with Crippen molar-refractivity contribution in [3.63, 3.8) is 0 Å². The zero-order valence-corrected chi connectivity index (χ0v) is 12.7. The van der Waals surface area contributed by atoms with Crippen LogP contribution < -0.4 is 10.6 Å². The quantitative estimate of drug-likeness (QED) is 0.719. The second-order valence-electron chi connectivity index (χ2n) is 3.95. The Morgan fingerprint density at radius 2 is 2.22 bits per heavy atom. The van der Waals surface area contributed by atoms with E-state index in [0.29, 0.717) is 5.75 Å². The van der Waals surface area contributed by atoms with Crippen molar-refractivity contribution in [3.05, 3.63) is 0 Å². The molecule has 0 aliphatic carbocycles. The van der Waals surface area contributed by atoms with E-state index in [1.165, 1.54) is 23.1 Å². The van der Waals surface area contributed by atoms with Gasteiger partial charge in [0.25, 0.3) is 0 Å². The molecule has 5 nitrogen and oxygen atoms in total. The topological polar surface area (TPSA) is 66.9 Å². The molecule has 0 unspecified atom stereocenters. The van der Waals surface area contributed by atoms with Crippen LogP contribution in [0.3, 0.4) is 0 Å². The lowest BCUT2D eigenvalue weighted by Crippen LogP contribution is -2.33. The molecule has 102 valence electrons. The number of hydrogen-bond donors (Lipinski definition) is 2. The lowest BCUT2D eigenvalue weighted by atomic mass is 10.2. The smallest absolute Gasteiger partial charge is 0.230 e. The maximum Gasteiger partial charge on any atom is 0.230 e. The first-order chi connectivity index (χ1) is 8.65. The molecule has 1 rings (SSSR count). The van der Waals surface area contributed by atoms with Crippen LogP contribution in [0.4, 0.5) is 5.13 Å². The average Bonchev–Trinajstić information content (AvgIpc) is 2.75. The molecule has 0 aliphatic rings. The SMILES string of the molecule is CCC[C@@H](C)NC(=O)CSc1nnc(NCC)s1. The molecule has 1 aromatic heterocycles. The molecule has 7 heteroatoms. The number of aromatic nitrogens is 2. The second-order valence-corrected chi connectivity index (χ2v) is 6.15. The summed E-state index contributed by atoms with van der Waals surface area (Å²) in [6, 6.07) is 0.245. The molecule has 1 heterocycles. The van der Waals surface area contributed by atoms with Crippen molar-refractivity contribution < 1.29 is 4.79 Å². The number of rotatable bonds is 8. The number of hydrogen-bond acceptors (Lipinski definition) is 6. The van der Waals surface area contributed by atoms with Gasteiger partial charge >= 0.3 is 0 Å². The Morgan fingerprint density at radius 3 is 2.89 bits per heavy atom. The van der Waals surface area contributed by atoms with Gasteiger partial charge in [-0.25, -0.2) is 0 Å². The number of carbonyl (C=O) groups excluding carboxylic acids is 1. The van der Waals surface area contributed by atoms with Crippen molar-refractivity contribution in [2.24, 2.45) is 0 Å². The van der Waals surface area contributed by atoms with E-state index in [9.17, 15) is 4.79 Å². The standard InChI is InChI=1S/C11H20N4OS2/c1-4-6-8(3)13-9(16)7-17-11-15-14-10(18-11)12-5-2/h8H,4-7H2,1-3H3,(H,12,14)(H,13,16)/t8-/m1/s1. The van der Waals surface area contributed by atoms with Gasteiger partial charge in [-0.15, -0.1) is 10.2 Å². The second kappa shape index (κ2) is 8.31. The first-order valence-corrected chi connectivity index (χ1v) is 7.95. The van der Waals surface area contributed by atoms with Crippen molar-refractivity contribution in [1.82, 2.24) is 15.5 Å². The molecule has 0 aliphatic heterocycles. The van der Waals surface area contributed by atoms with Crippen molar-refractivity contribution in [2.45, 2.75) is 44.0 Å². The van der Waals surface area contributed by atoms with Gasteiger partial charge in [0.15, 0.2) is 4.34 Å². The predicted molar refractivity (Wildman–Crippen MR) is 77.3 cm³/mol. The molecule has 0 spiro atoms. The van der Waals surface area contributed by atoms with Crippen LogP contribution in [0, 0.1) is 0 Å². The van der Waals surface area contributed by atoms with Gasteiger partial charge in [0.2, 0.25) is 11.0 Å². The molecule has 0 saturated heterocycles. The predicted octanol–water partition coefficient (Wildman–Crippen LogP) is 2.37. The molecule has 1 amide bonds.